The van der Waals surface area contributed by atoms with Crippen molar-refractivity contribution >= 4 is 11.8 Å². The number of nitrogens with one attached hydrogen (secondary N) is 1. The lowest BCUT2D eigenvalue weighted by atomic mass is 9.97. The fourth-order valence-electron chi connectivity index (χ4n) is 1.70. The van der Waals surface area contributed by atoms with Crippen molar-refractivity contribution in [2.75, 3.05) is 26.7 Å². The van der Waals surface area contributed by atoms with E-state index < -0.39 is 0 Å². The van der Waals surface area contributed by atoms with Crippen molar-refractivity contribution in [1.29, 1.82) is 0 Å². The van der Waals surface area contributed by atoms with E-state index in [0.29, 0.717) is 13.1 Å². The van der Waals surface area contributed by atoms with Gasteiger partial charge in [-0.2, -0.15) is 0 Å². The molecule has 0 spiro atoms. The standard InChI is InChI=1S/C9H17N3O2/c1-11-5-8(13)12-4-2-3-7(6-12)9(10)14/h7,11H,2-6H2,1H3,(H2,10,14). The molecule has 5 heteroatoms. The molecular weight excluding hydrogens is 182 g/mol. The van der Waals surface area contributed by atoms with Crippen molar-refractivity contribution in [3.63, 3.8) is 0 Å². The smallest absolute Gasteiger partial charge is 0.236 e. The molecule has 0 aliphatic carbocycles. The summed E-state index contributed by atoms with van der Waals surface area (Å²) in [6.45, 7) is 1.55. The molecule has 80 valence electrons. The molecule has 1 aliphatic rings. The van der Waals surface area contributed by atoms with Crippen molar-refractivity contribution in [3.05, 3.63) is 0 Å². The monoisotopic (exact) mass is 199 g/mol. The molecule has 14 heavy (non-hydrogen) atoms. The van der Waals surface area contributed by atoms with Gasteiger partial charge in [0.1, 0.15) is 0 Å². The van der Waals surface area contributed by atoms with E-state index in [4.69, 9.17) is 5.73 Å². The van der Waals surface area contributed by atoms with Gasteiger partial charge in [0.25, 0.3) is 0 Å². The third kappa shape index (κ3) is 2.70. The maximum atomic E-state index is 11.5. The number of nitrogens with zero attached hydrogens (tertiary/aromatic N) is 1. The lowest BCUT2D eigenvalue weighted by Gasteiger charge is -2.31. The minimum Gasteiger partial charge on any atom is -0.369 e. The van der Waals surface area contributed by atoms with Crippen molar-refractivity contribution in [1.82, 2.24) is 10.2 Å². The second-order valence-corrected chi connectivity index (χ2v) is 3.61. The number of likely N-dealkylation sites (N-methyl/N-ethyl adjacent to an activating group) is 1. The molecule has 1 unspecified atom stereocenters. The maximum Gasteiger partial charge on any atom is 0.236 e. The molecule has 5 nitrogen and oxygen atoms in total. The summed E-state index contributed by atoms with van der Waals surface area (Å²) in [5, 5.41) is 2.80. The van der Waals surface area contributed by atoms with Gasteiger partial charge < -0.3 is 16.0 Å². The minimum absolute atomic E-state index is 0.0402. The van der Waals surface area contributed by atoms with Gasteiger partial charge in [0, 0.05) is 13.1 Å². The first-order chi connectivity index (χ1) is 6.65. The van der Waals surface area contributed by atoms with E-state index in [0.717, 1.165) is 19.4 Å². The minimum atomic E-state index is -0.299. The van der Waals surface area contributed by atoms with Gasteiger partial charge >= 0.3 is 0 Å². The van der Waals surface area contributed by atoms with E-state index in [2.05, 4.69) is 5.32 Å². The third-order valence-electron chi connectivity index (χ3n) is 2.50. The lowest BCUT2D eigenvalue weighted by molar-refractivity contribution is -0.134. The highest BCUT2D eigenvalue weighted by atomic mass is 16.2. The molecule has 1 heterocycles. The number of hydrogen-bond donors (Lipinski definition) is 2. The number of primary amides is 1. The largest absolute Gasteiger partial charge is 0.369 e. The second-order valence-electron chi connectivity index (χ2n) is 3.61. The van der Waals surface area contributed by atoms with Crippen LogP contribution in [0.25, 0.3) is 0 Å². The highest BCUT2D eigenvalue weighted by Crippen LogP contribution is 2.15. The molecule has 1 atom stereocenters. The Balaban J connectivity index is 2.47. The van der Waals surface area contributed by atoms with Gasteiger partial charge in [-0.05, 0) is 19.9 Å². The number of carbonyl (C=O) groups excluding carboxylic acids is 2. The molecule has 0 aromatic heterocycles. The molecule has 0 radical (unpaired) electrons. The molecule has 1 aliphatic heterocycles. The van der Waals surface area contributed by atoms with Crippen molar-refractivity contribution in [3.8, 4) is 0 Å². The average Bonchev–Trinajstić information content (AvgIpc) is 2.18. The topological polar surface area (TPSA) is 75.4 Å². The van der Waals surface area contributed by atoms with Crippen LogP contribution in [0.2, 0.25) is 0 Å². The van der Waals surface area contributed by atoms with Crippen molar-refractivity contribution in [2.24, 2.45) is 11.7 Å². The van der Waals surface area contributed by atoms with Gasteiger partial charge in [0.15, 0.2) is 0 Å². The zero-order chi connectivity index (χ0) is 10.6. The Morgan fingerprint density at radius 2 is 2.29 bits per heavy atom. The zero-order valence-electron chi connectivity index (χ0n) is 8.45. The number of piperidine rings is 1. The second kappa shape index (κ2) is 4.95. The van der Waals surface area contributed by atoms with Crippen LogP contribution < -0.4 is 11.1 Å². The summed E-state index contributed by atoms with van der Waals surface area (Å²) in [5.41, 5.74) is 5.21. The Morgan fingerprint density at radius 3 is 2.86 bits per heavy atom. The first-order valence-corrected chi connectivity index (χ1v) is 4.87. The van der Waals surface area contributed by atoms with E-state index in [9.17, 15) is 9.59 Å². The Kier molecular flexibility index (Phi) is 3.88. The summed E-state index contributed by atoms with van der Waals surface area (Å²) in [5.74, 6) is -0.421. The van der Waals surface area contributed by atoms with Gasteiger partial charge in [-0.3, -0.25) is 9.59 Å². The number of nitrogens with two attached hydrogens (primary N) is 1. The van der Waals surface area contributed by atoms with E-state index >= 15 is 0 Å². The van der Waals surface area contributed by atoms with Crippen LogP contribution in [0.5, 0.6) is 0 Å². The Bertz CT molecular complexity index is 230. The summed E-state index contributed by atoms with van der Waals surface area (Å²) >= 11 is 0. The van der Waals surface area contributed by atoms with Crippen LogP contribution in [0, 0.1) is 5.92 Å². The Labute approximate surface area is 83.6 Å². The van der Waals surface area contributed by atoms with Crippen LogP contribution in [0.1, 0.15) is 12.8 Å². The van der Waals surface area contributed by atoms with Crippen LogP contribution in [-0.2, 0) is 9.59 Å². The highest BCUT2D eigenvalue weighted by Gasteiger charge is 2.26. The number of carbonyl (C=O) groups is 2. The quantitative estimate of drug-likeness (QED) is 0.607. The number of rotatable bonds is 3. The molecule has 3 N–H and O–H groups in total. The molecule has 0 aromatic carbocycles. The molecule has 2 amide bonds. The van der Waals surface area contributed by atoms with E-state index in [1.54, 1.807) is 11.9 Å². The third-order valence-corrected chi connectivity index (χ3v) is 2.50. The summed E-state index contributed by atoms with van der Waals surface area (Å²) in [7, 11) is 1.73. The van der Waals surface area contributed by atoms with Crippen LogP contribution in [0.4, 0.5) is 0 Å². The zero-order valence-corrected chi connectivity index (χ0v) is 8.45. The van der Waals surface area contributed by atoms with Crippen LogP contribution >= 0.6 is 0 Å². The van der Waals surface area contributed by atoms with E-state index in [1.807, 2.05) is 0 Å². The number of amides is 2. The van der Waals surface area contributed by atoms with Crippen molar-refractivity contribution < 1.29 is 9.59 Å². The SMILES string of the molecule is CNCC(=O)N1CCCC(C(N)=O)C1. The molecule has 1 fully saturated rings. The number of hydrogen-bond acceptors (Lipinski definition) is 3. The highest BCUT2D eigenvalue weighted by molar-refractivity contribution is 5.81. The molecule has 0 saturated carbocycles. The normalized spacial score (nSPS) is 22.1. The number of likely N-dealkylation sites (tertiary alicyclic amines) is 1. The van der Waals surface area contributed by atoms with Gasteiger partial charge in [-0.1, -0.05) is 0 Å². The predicted molar refractivity (Wildman–Crippen MR) is 52.4 cm³/mol. The van der Waals surface area contributed by atoms with Crippen LogP contribution in [0.15, 0.2) is 0 Å². The van der Waals surface area contributed by atoms with Crippen LogP contribution in [-0.4, -0.2) is 43.4 Å². The lowest BCUT2D eigenvalue weighted by Crippen LogP contribution is -2.46. The van der Waals surface area contributed by atoms with Gasteiger partial charge in [0.05, 0.1) is 12.5 Å². The summed E-state index contributed by atoms with van der Waals surface area (Å²) in [6, 6.07) is 0. The average molecular weight is 199 g/mol. The molecule has 0 aromatic rings. The van der Waals surface area contributed by atoms with Crippen molar-refractivity contribution in [2.45, 2.75) is 12.8 Å². The molecule has 0 bridgehead atoms. The fraction of sp³-hybridized carbons (Fsp3) is 0.778. The summed E-state index contributed by atoms with van der Waals surface area (Å²) in [4.78, 5) is 24.1. The Morgan fingerprint density at radius 1 is 1.57 bits per heavy atom. The maximum absolute atomic E-state index is 11.5. The van der Waals surface area contributed by atoms with Gasteiger partial charge in [0.2, 0.25) is 11.8 Å². The fourth-order valence-corrected chi connectivity index (χ4v) is 1.70. The van der Waals surface area contributed by atoms with Crippen LogP contribution in [0.3, 0.4) is 0 Å². The Hall–Kier alpha value is -1.10. The molecular formula is C9H17N3O2. The van der Waals surface area contributed by atoms with E-state index in [-0.39, 0.29) is 17.7 Å². The summed E-state index contributed by atoms with van der Waals surface area (Å²) in [6.07, 6.45) is 1.67. The first-order valence-electron chi connectivity index (χ1n) is 4.87. The molecule has 1 rings (SSSR count). The van der Waals surface area contributed by atoms with E-state index in [1.165, 1.54) is 0 Å². The first kappa shape index (κ1) is 11.0. The predicted octanol–water partition coefficient (Wildman–Crippen LogP) is -1.07. The van der Waals surface area contributed by atoms with Gasteiger partial charge in [-0.15, -0.1) is 0 Å². The summed E-state index contributed by atoms with van der Waals surface area (Å²) < 4.78 is 0. The van der Waals surface area contributed by atoms with Gasteiger partial charge in [-0.25, -0.2) is 0 Å². The molecule has 1 saturated heterocycles.